The minimum atomic E-state index is -4.90. The van der Waals surface area contributed by atoms with E-state index < -0.39 is 36.4 Å². The third-order valence-electron chi connectivity index (χ3n) is 3.98. The van der Waals surface area contributed by atoms with Crippen LogP contribution in [0.5, 0.6) is 5.75 Å². The van der Waals surface area contributed by atoms with Crippen molar-refractivity contribution in [3.63, 3.8) is 0 Å². The Morgan fingerprint density at radius 2 is 2.12 bits per heavy atom. The molecule has 132 valence electrons. The summed E-state index contributed by atoms with van der Waals surface area (Å²) >= 11 is 1.16. The smallest absolute Gasteiger partial charge is 0.406 e. The molecule has 1 aliphatic heterocycles. The molecular formula is C15H16F3NO4S. The monoisotopic (exact) mass is 363 g/mol. The van der Waals surface area contributed by atoms with Crippen molar-refractivity contribution in [2.45, 2.75) is 17.5 Å². The minimum Gasteiger partial charge on any atom is -0.497 e. The fraction of sp³-hybridized carbons (Fsp3) is 0.467. The van der Waals surface area contributed by atoms with Crippen molar-refractivity contribution >= 4 is 23.6 Å². The molecule has 0 radical (unpaired) electrons. The molecule has 9 heteroatoms. The molecule has 1 aromatic carbocycles. The highest BCUT2D eigenvalue weighted by atomic mass is 32.2. The van der Waals surface area contributed by atoms with Crippen LogP contribution in [0, 0.1) is 5.41 Å². The van der Waals surface area contributed by atoms with Gasteiger partial charge in [-0.3, -0.25) is 9.59 Å². The molecule has 0 aromatic heterocycles. The Labute approximate surface area is 140 Å². The number of hydrogen-bond donors (Lipinski definition) is 1. The number of aliphatic carboxylic acids is 1. The van der Waals surface area contributed by atoms with Gasteiger partial charge in [-0.1, -0.05) is 6.07 Å². The Kier molecular flexibility index (Phi) is 5.32. The van der Waals surface area contributed by atoms with E-state index in [1.807, 2.05) is 0 Å². The predicted octanol–water partition coefficient (Wildman–Crippen LogP) is 2.65. The molecule has 0 saturated carbocycles. The topological polar surface area (TPSA) is 66.8 Å². The summed E-state index contributed by atoms with van der Waals surface area (Å²) in [6.07, 6.45) is -5.52. The van der Waals surface area contributed by atoms with Crippen molar-refractivity contribution in [1.29, 1.82) is 0 Å². The molecule has 1 unspecified atom stereocenters. The molecule has 1 atom stereocenters. The maximum Gasteiger partial charge on any atom is 0.406 e. The maximum absolute atomic E-state index is 13.1. The first-order chi connectivity index (χ1) is 11.2. The van der Waals surface area contributed by atoms with Gasteiger partial charge in [-0.15, -0.1) is 11.8 Å². The number of nitrogens with zero attached hydrogens (tertiary/aromatic N) is 1. The lowest BCUT2D eigenvalue weighted by Crippen LogP contribution is -2.47. The summed E-state index contributed by atoms with van der Waals surface area (Å²) in [5, 5.41) is 8.99. The SMILES string of the molecule is COc1cccc(SCC(=O)N2CCC(C(=O)O)(C(F)(F)F)C2)c1. The second-order valence-electron chi connectivity index (χ2n) is 5.42. The van der Waals surface area contributed by atoms with Gasteiger partial charge in [0.05, 0.1) is 12.9 Å². The zero-order valence-electron chi connectivity index (χ0n) is 12.8. The molecule has 24 heavy (non-hydrogen) atoms. The van der Waals surface area contributed by atoms with E-state index >= 15 is 0 Å². The van der Waals surface area contributed by atoms with Crippen LogP contribution in [-0.2, 0) is 9.59 Å². The van der Waals surface area contributed by atoms with Gasteiger partial charge >= 0.3 is 12.1 Å². The second-order valence-corrected chi connectivity index (χ2v) is 6.47. The van der Waals surface area contributed by atoms with Crippen LogP contribution in [0.4, 0.5) is 13.2 Å². The van der Waals surface area contributed by atoms with Crippen LogP contribution < -0.4 is 4.74 Å². The van der Waals surface area contributed by atoms with Crippen molar-refractivity contribution < 1.29 is 32.6 Å². The molecule has 0 spiro atoms. The fourth-order valence-corrected chi connectivity index (χ4v) is 3.32. The number of hydrogen-bond acceptors (Lipinski definition) is 4. The van der Waals surface area contributed by atoms with Crippen molar-refractivity contribution in [2.75, 3.05) is 26.0 Å². The lowest BCUT2D eigenvalue weighted by molar-refractivity contribution is -0.227. The number of halogens is 3. The average molecular weight is 363 g/mol. The van der Waals surface area contributed by atoms with Gasteiger partial charge < -0.3 is 14.7 Å². The quantitative estimate of drug-likeness (QED) is 0.815. The summed E-state index contributed by atoms with van der Waals surface area (Å²) in [6.45, 7) is -1.06. The summed E-state index contributed by atoms with van der Waals surface area (Å²) in [7, 11) is 1.50. The first kappa shape index (κ1) is 18.4. The summed E-state index contributed by atoms with van der Waals surface area (Å²) in [5.41, 5.74) is -2.87. The minimum absolute atomic E-state index is 0.0687. The normalized spacial score (nSPS) is 20.9. The number of ether oxygens (including phenoxy) is 1. The molecule has 1 aliphatic rings. The van der Waals surface area contributed by atoms with Gasteiger partial charge in [0.25, 0.3) is 0 Å². The number of alkyl halides is 3. The highest BCUT2D eigenvalue weighted by Gasteiger charge is 2.64. The van der Waals surface area contributed by atoms with Gasteiger partial charge in [0.2, 0.25) is 5.91 Å². The molecule has 1 saturated heterocycles. The van der Waals surface area contributed by atoms with Crippen LogP contribution in [-0.4, -0.2) is 54.0 Å². The Bertz CT molecular complexity index is 637. The molecule has 1 N–H and O–H groups in total. The van der Waals surface area contributed by atoms with Gasteiger partial charge in [0, 0.05) is 18.0 Å². The highest BCUT2D eigenvalue weighted by Crippen LogP contribution is 2.45. The number of rotatable bonds is 5. The first-order valence-corrected chi connectivity index (χ1v) is 8.03. The number of benzene rings is 1. The zero-order valence-corrected chi connectivity index (χ0v) is 13.6. The number of carbonyl (C=O) groups excluding carboxylic acids is 1. The van der Waals surface area contributed by atoms with E-state index in [2.05, 4.69) is 0 Å². The van der Waals surface area contributed by atoms with Crippen LogP contribution in [0.25, 0.3) is 0 Å². The van der Waals surface area contributed by atoms with Crippen molar-refractivity contribution in [3.05, 3.63) is 24.3 Å². The van der Waals surface area contributed by atoms with Gasteiger partial charge in [-0.05, 0) is 24.6 Å². The highest BCUT2D eigenvalue weighted by molar-refractivity contribution is 8.00. The van der Waals surface area contributed by atoms with E-state index in [4.69, 9.17) is 9.84 Å². The molecule has 1 heterocycles. The lowest BCUT2D eigenvalue weighted by atomic mass is 9.86. The zero-order chi connectivity index (χ0) is 18.0. The van der Waals surface area contributed by atoms with Crippen LogP contribution in [0.2, 0.25) is 0 Å². The van der Waals surface area contributed by atoms with Gasteiger partial charge in [0.1, 0.15) is 5.75 Å². The van der Waals surface area contributed by atoms with Gasteiger partial charge in [-0.25, -0.2) is 0 Å². The molecule has 1 fully saturated rings. The predicted molar refractivity (Wildman–Crippen MR) is 81.0 cm³/mol. The van der Waals surface area contributed by atoms with Crippen LogP contribution in [0.15, 0.2) is 29.2 Å². The molecule has 5 nitrogen and oxygen atoms in total. The van der Waals surface area contributed by atoms with E-state index in [-0.39, 0.29) is 12.3 Å². The lowest BCUT2D eigenvalue weighted by Gasteiger charge is -2.27. The third-order valence-corrected chi connectivity index (χ3v) is 4.96. The third kappa shape index (κ3) is 3.61. The number of methoxy groups -OCH3 is 1. The van der Waals surface area contributed by atoms with Crippen LogP contribution in [0.1, 0.15) is 6.42 Å². The van der Waals surface area contributed by atoms with E-state index in [9.17, 15) is 22.8 Å². The number of carboxylic acids is 1. The van der Waals surface area contributed by atoms with E-state index in [1.165, 1.54) is 7.11 Å². The molecule has 0 bridgehead atoms. The average Bonchev–Trinajstić information content (AvgIpc) is 2.99. The number of likely N-dealkylation sites (tertiary alicyclic amines) is 1. The van der Waals surface area contributed by atoms with E-state index in [0.29, 0.717) is 5.75 Å². The number of carboxylic acid groups (broad SMARTS) is 1. The largest absolute Gasteiger partial charge is 0.497 e. The summed E-state index contributed by atoms with van der Waals surface area (Å²) in [6, 6.07) is 6.93. The Balaban J connectivity index is 2.00. The van der Waals surface area contributed by atoms with Crippen molar-refractivity contribution in [2.24, 2.45) is 5.41 Å². The Morgan fingerprint density at radius 1 is 1.42 bits per heavy atom. The molecule has 2 rings (SSSR count). The number of carbonyl (C=O) groups is 2. The molecule has 0 aliphatic carbocycles. The van der Waals surface area contributed by atoms with Crippen LogP contribution >= 0.6 is 11.8 Å². The van der Waals surface area contributed by atoms with Gasteiger partial charge in [0.15, 0.2) is 5.41 Å². The van der Waals surface area contributed by atoms with E-state index in [1.54, 1.807) is 24.3 Å². The number of amides is 1. The van der Waals surface area contributed by atoms with E-state index in [0.717, 1.165) is 21.6 Å². The summed E-state index contributed by atoms with van der Waals surface area (Å²) < 4.78 is 44.4. The van der Waals surface area contributed by atoms with Gasteiger partial charge in [-0.2, -0.15) is 13.2 Å². The molecule has 1 aromatic rings. The van der Waals surface area contributed by atoms with Crippen LogP contribution in [0.3, 0.4) is 0 Å². The maximum atomic E-state index is 13.1. The summed E-state index contributed by atoms with van der Waals surface area (Å²) in [5.74, 6) is -1.92. The Hall–Kier alpha value is -1.90. The number of thioether (sulfide) groups is 1. The molecule has 1 amide bonds. The first-order valence-electron chi connectivity index (χ1n) is 7.04. The fourth-order valence-electron chi connectivity index (χ4n) is 2.48. The second kappa shape index (κ2) is 6.92. The standard InChI is InChI=1S/C15H16F3NO4S/c1-23-10-3-2-4-11(7-10)24-8-12(20)19-6-5-14(9-19,13(21)22)15(16,17)18/h2-4,7H,5-6,8-9H2,1H3,(H,21,22). The van der Waals surface area contributed by atoms with Crippen molar-refractivity contribution in [1.82, 2.24) is 4.90 Å². The van der Waals surface area contributed by atoms with Crippen molar-refractivity contribution in [3.8, 4) is 5.75 Å². The summed E-state index contributed by atoms with van der Waals surface area (Å²) in [4.78, 5) is 24.9. The molecular weight excluding hydrogens is 347 g/mol. The Morgan fingerprint density at radius 3 is 2.67 bits per heavy atom.